The molecule has 1 heterocycles. The first-order chi connectivity index (χ1) is 9.99. The van der Waals surface area contributed by atoms with Gasteiger partial charge >= 0.3 is 0 Å². The summed E-state index contributed by atoms with van der Waals surface area (Å²) in [6.07, 6.45) is -6.15. The number of ether oxygens (including phenoxy) is 2. The monoisotopic (exact) mass is 297 g/mol. The summed E-state index contributed by atoms with van der Waals surface area (Å²) in [5, 5.41) is 32.1. The SMILES string of the molecule is CC(=O)NC[C@H]1O[C@@H](Oc2ccccc2)[C@H](O)[C@@H](O)[C@@H]1O. The molecule has 1 aliphatic heterocycles. The number of aliphatic hydroxyl groups excluding tert-OH is 3. The minimum absolute atomic E-state index is 0.00886. The van der Waals surface area contributed by atoms with Crippen LogP contribution in [0.25, 0.3) is 0 Å². The summed E-state index contributed by atoms with van der Waals surface area (Å²) in [5.74, 6) is 0.176. The van der Waals surface area contributed by atoms with Gasteiger partial charge in [-0.15, -0.1) is 0 Å². The molecule has 1 aromatic carbocycles. The number of rotatable bonds is 4. The molecule has 1 aromatic rings. The largest absolute Gasteiger partial charge is 0.462 e. The lowest BCUT2D eigenvalue weighted by Gasteiger charge is -2.40. The van der Waals surface area contributed by atoms with E-state index in [1.165, 1.54) is 6.92 Å². The summed E-state index contributed by atoms with van der Waals surface area (Å²) in [6, 6.07) is 8.67. The number of hydrogen-bond acceptors (Lipinski definition) is 6. The van der Waals surface area contributed by atoms with Gasteiger partial charge < -0.3 is 30.1 Å². The summed E-state index contributed by atoms with van der Waals surface area (Å²) < 4.78 is 10.9. The summed E-state index contributed by atoms with van der Waals surface area (Å²) in [6.45, 7) is 1.34. The van der Waals surface area contributed by atoms with Crippen molar-refractivity contribution in [3.05, 3.63) is 30.3 Å². The maximum absolute atomic E-state index is 10.9. The van der Waals surface area contributed by atoms with Gasteiger partial charge in [0.1, 0.15) is 30.2 Å². The van der Waals surface area contributed by atoms with Crippen LogP contribution in [0, 0.1) is 0 Å². The number of hydrogen-bond donors (Lipinski definition) is 4. The maximum atomic E-state index is 10.9. The molecule has 4 N–H and O–H groups in total. The second kappa shape index (κ2) is 6.86. The quantitative estimate of drug-likeness (QED) is 0.568. The van der Waals surface area contributed by atoms with Crippen LogP contribution in [0.5, 0.6) is 5.75 Å². The van der Waals surface area contributed by atoms with Crippen LogP contribution in [0.15, 0.2) is 30.3 Å². The molecule has 5 atom stereocenters. The van der Waals surface area contributed by atoms with E-state index in [2.05, 4.69) is 5.32 Å². The summed E-state index contributed by atoms with van der Waals surface area (Å²) >= 11 is 0. The number of carbonyl (C=O) groups excluding carboxylic acids is 1. The Balaban J connectivity index is 2.04. The van der Waals surface area contributed by atoms with E-state index in [4.69, 9.17) is 9.47 Å². The lowest BCUT2D eigenvalue weighted by Crippen LogP contribution is -2.61. The molecule has 2 rings (SSSR count). The normalized spacial score (nSPS) is 32.5. The molecule has 0 radical (unpaired) electrons. The Morgan fingerprint density at radius 3 is 2.48 bits per heavy atom. The van der Waals surface area contributed by atoms with Crippen LogP contribution >= 0.6 is 0 Å². The van der Waals surface area contributed by atoms with Gasteiger partial charge in [0, 0.05) is 13.5 Å². The van der Waals surface area contributed by atoms with Crippen molar-refractivity contribution in [2.45, 2.75) is 37.6 Å². The van der Waals surface area contributed by atoms with Crippen molar-refractivity contribution in [1.29, 1.82) is 0 Å². The topological polar surface area (TPSA) is 108 Å². The molecule has 1 fully saturated rings. The third kappa shape index (κ3) is 3.92. The van der Waals surface area contributed by atoms with E-state index in [0.717, 1.165) is 0 Å². The molecule has 116 valence electrons. The van der Waals surface area contributed by atoms with Gasteiger partial charge in [0.05, 0.1) is 0 Å². The zero-order valence-electron chi connectivity index (χ0n) is 11.5. The Bertz CT molecular complexity index is 468. The molecule has 7 nitrogen and oxygen atoms in total. The Morgan fingerprint density at radius 2 is 1.86 bits per heavy atom. The highest BCUT2D eigenvalue weighted by atomic mass is 16.7. The average Bonchev–Trinajstić information content (AvgIpc) is 2.47. The molecule has 0 saturated carbocycles. The molecule has 0 spiro atoms. The van der Waals surface area contributed by atoms with E-state index in [0.29, 0.717) is 5.75 Å². The van der Waals surface area contributed by atoms with Gasteiger partial charge in [-0.3, -0.25) is 4.79 Å². The molecule has 0 aromatic heterocycles. The summed E-state index contributed by atoms with van der Waals surface area (Å²) in [4.78, 5) is 10.9. The first kappa shape index (κ1) is 15.7. The smallest absolute Gasteiger partial charge is 0.229 e. The predicted molar refractivity (Wildman–Crippen MR) is 72.4 cm³/mol. The van der Waals surface area contributed by atoms with Crippen LogP contribution in [0.1, 0.15) is 6.92 Å². The van der Waals surface area contributed by atoms with Crippen LogP contribution in [-0.4, -0.2) is 58.5 Å². The number of carbonyl (C=O) groups is 1. The van der Waals surface area contributed by atoms with E-state index in [-0.39, 0.29) is 12.5 Å². The number of amides is 1. The second-order valence-corrected chi connectivity index (χ2v) is 4.88. The van der Waals surface area contributed by atoms with Gasteiger partial charge in [-0.05, 0) is 12.1 Å². The third-order valence-electron chi connectivity index (χ3n) is 3.22. The van der Waals surface area contributed by atoms with Crippen LogP contribution in [0.3, 0.4) is 0 Å². The minimum atomic E-state index is -1.42. The number of para-hydroxylation sites is 1. The van der Waals surface area contributed by atoms with E-state index in [9.17, 15) is 20.1 Å². The van der Waals surface area contributed by atoms with Crippen LogP contribution in [0.4, 0.5) is 0 Å². The van der Waals surface area contributed by atoms with Crippen LogP contribution < -0.4 is 10.1 Å². The van der Waals surface area contributed by atoms with Gasteiger partial charge in [-0.1, -0.05) is 18.2 Å². The van der Waals surface area contributed by atoms with Crippen molar-refractivity contribution in [2.75, 3.05) is 6.54 Å². The maximum Gasteiger partial charge on any atom is 0.229 e. The third-order valence-corrected chi connectivity index (χ3v) is 3.22. The van der Waals surface area contributed by atoms with Crippen molar-refractivity contribution in [1.82, 2.24) is 5.32 Å². The van der Waals surface area contributed by atoms with E-state index < -0.39 is 30.7 Å². The van der Waals surface area contributed by atoms with Crippen molar-refractivity contribution in [3.63, 3.8) is 0 Å². The Morgan fingerprint density at radius 1 is 1.19 bits per heavy atom. The van der Waals surface area contributed by atoms with E-state index in [1.807, 2.05) is 6.07 Å². The Kier molecular flexibility index (Phi) is 5.13. The minimum Gasteiger partial charge on any atom is -0.462 e. The highest BCUT2D eigenvalue weighted by Crippen LogP contribution is 2.23. The van der Waals surface area contributed by atoms with Gasteiger partial charge in [-0.2, -0.15) is 0 Å². The first-order valence-corrected chi connectivity index (χ1v) is 6.65. The molecule has 0 bridgehead atoms. The zero-order valence-corrected chi connectivity index (χ0v) is 11.5. The van der Waals surface area contributed by atoms with Gasteiger partial charge in [-0.25, -0.2) is 0 Å². The number of aliphatic hydroxyl groups is 3. The van der Waals surface area contributed by atoms with Gasteiger partial charge in [0.2, 0.25) is 12.2 Å². The number of nitrogens with one attached hydrogen (secondary N) is 1. The molecule has 1 amide bonds. The van der Waals surface area contributed by atoms with Gasteiger partial charge in [0.25, 0.3) is 0 Å². The molecular weight excluding hydrogens is 278 g/mol. The zero-order chi connectivity index (χ0) is 15.4. The molecule has 21 heavy (non-hydrogen) atoms. The fraction of sp³-hybridized carbons (Fsp3) is 0.500. The molecule has 0 unspecified atom stereocenters. The average molecular weight is 297 g/mol. The predicted octanol–water partition coefficient (Wildman–Crippen LogP) is -0.991. The lowest BCUT2D eigenvalue weighted by molar-refractivity contribution is -0.270. The summed E-state index contributed by atoms with van der Waals surface area (Å²) in [7, 11) is 0. The van der Waals surface area contributed by atoms with Crippen LogP contribution in [-0.2, 0) is 9.53 Å². The summed E-state index contributed by atoms with van der Waals surface area (Å²) in [5.41, 5.74) is 0. The highest BCUT2D eigenvalue weighted by Gasteiger charge is 2.44. The van der Waals surface area contributed by atoms with Crippen molar-refractivity contribution < 1.29 is 29.6 Å². The van der Waals surface area contributed by atoms with E-state index >= 15 is 0 Å². The highest BCUT2D eigenvalue weighted by molar-refractivity contribution is 5.72. The fourth-order valence-electron chi connectivity index (χ4n) is 2.06. The van der Waals surface area contributed by atoms with Crippen molar-refractivity contribution in [3.8, 4) is 5.75 Å². The lowest BCUT2D eigenvalue weighted by atomic mass is 9.99. The molecule has 0 aliphatic carbocycles. The van der Waals surface area contributed by atoms with Crippen molar-refractivity contribution in [2.24, 2.45) is 0 Å². The molecular formula is C14H19NO6. The molecule has 7 heteroatoms. The van der Waals surface area contributed by atoms with Crippen molar-refractivity contribution >= 4 is 5.91 Å². The van der Waals surface area contributed by atoms with E-state index in [1.54, 1.807) is 24.3 Å². The number of benzene rings is 1. The standard InChI is InChI=1S/C14H19NO6/c1-8(16)15-7-10-11(17)12(18)13(19)14(21-10)20-9-5-3-2-4-6-9/h2-6,10-14,17-19H,7H2,1H3,(H,15,16)/t10-,11-,12+,13-,14-/m1/s1. The molecule has 1 saturated heterocycles. The van der Waals surface area contributed by atoms with Crippen LogP contribution in [0.2, 0.25) is 0 Å². The Hall–Kier alpha value is -1.67. The van der Waals surface area contributed by atoms with Gasteiger partial charge in [0.15, 0.2) is 0 Å². The fourth-order valence-corrected chi connectivity index (χ4v) is 2.06. The molecule has 1 aliphatic rings. The Labute approximate surface area is 122 Å². The first-order valence-electron chi connectivity index (χ1n) is 6.65. The second-order valence-electron chi connectivity index (χ2n) is 4.88.